The highest BCUT2D eigenvalue weighted by atomic mass is 19.4. The monoisotopic (exact) mass is 192 g/mol. The Bertz CT molecular complexity index is 316. The number of nitrogens with zero attached hydrogens (tertiary/aromatic N) is 2. The molecule has 0 atom stereocenters. The second-order valence-electron chi connectivity index (χ2n) is 2.55. The van der Waals surface area contributed by atoms with Crippen LogP contribution < -0.4 is 0 Å². The van der Waals surface area contributed by atoms with Crippen molar-refractivity contribution in [2.45, 2.75) is 19.6 Å². The fourth-order valence-corrected chi connectivity index (χ4v) is 0.971. The first-order valence-corrected chi connectivity index (χ1v) is 3.50. The van der Waals surface area contributed by atoms with Gasteiger partial charge in [0.15, 0.2) is 5.69 Å². The predicted octanol–water partition coefficient (Wildman–Crippen LogP) is 1.41. The molecule has 0 unspecified atom stereocenters. The average molecular weight is 192 g/mol. The van der Waals surface area contributed by atoms with E-state index in [9.17, 15) is 18.0 Å². The van der Waals surface area contributed by atoms with Gasteiger partial charge in [-0.2, -0.15) is 18.3 Å². The number of aldehydes is 1. The van der Waals surface area contributed by atoms with E-state index < -0.39 is 11.9 Å². The molecule has 0 bridgehead atoms. The molecule has 0 saturated heterocycles. The average Bonchev–Trinajstić information content (AvgIpc) is 2.30. The number of hydrogen-bond acceptors (Lipinski definition) is 2. The fourth-order valence-electron chi connectivity index (χ4n) is 0.971. The van der Waals surface area contributed by atoms with Crippen molar-refractivity contribution in [3.05, 3.63) is 17.5 Å². The Morgan fingerprint density at radius 1 is 1.62 bits per heavy atom. The van der Waals surface area contributed by atoms with Gasteiger partial charge in [0.2, 0.25) is 0 Å². The highest BCUT2D eigenvalue weighted by molar-refractivity contribution is 5.48. The third-order valence-corrected chi connectivity index (χ3v) is 1.47. The van der Waals surface area contributed by atoms with E-state index in [-0.39, 0.29) is 12.1 Å². The summed E-state index contributed by atoms with van der Waals surface area (Å²) >= 11 is 0. The van der Waals surface area contributed by atoms with Crippen LogP contribution in [0.2, 0.25) is 0 Å². The van der Waals surface area contributed by atoms with Crippen molar-refractivity contribution in [3.8, 4) is 0 Å². The zero-order chi connectivity index (χ0) is 10.1. The van der Waals surface area contributed by atoms with Crippen LogP contribution in [0.4, 0.5) is 13.2 Å². The van der Waals surface area contributed by atoms with Gasteiger partial charge in [-0.3, -0.25) is 4.68 Å². The van der Waals surface area contributed by atoms with Gasteiger partial charge in [-0.15, -0.1) is 0 Å². The van der Waals surface area contributed by atoms with E-state index in [1.165, 1.54) is 13.1 Å². The third kappa shape index (κ3) is 2.07. The molecule has 0 aromatic carbocycles. The summed E-state index contributed by atoms with van der Waals surface area (Å²) in [7, 11) is 0. The number of rotatable bonds is 2. The molecule has 13 heavy (non-hydrogen) atoms. The summed E-state index contributed by atoms with van der Waals surface area (Å²) in [6, 6.07) is 0. The Hall–Kier alpha value is -1.33. The molecule has 1 aromatic heterocycles. The van der Waals surface area contributed by atoms with E-state index >= 15 is 0 Å². The fraction of sp³-hybridized carbons (Fsp3) is 0.429. The topological polar surface area (TPSA) is 34.9 Å². The Morgan fingerprint density at radius 2 is 2.23 bits per heavy atom. The number of hydrogen-bond donors (Lipinski definition) is 0. The summed E-state index contributed by atoms with van der Waals surface area (Å²) in [4.78, 5) is 10.0. The summed E-state index contributed by atoms with van der Waals surface area (Å²) in [5.74, 6) is 0. The first-order valence-electron chi connectivity index (χ1n) is 3.50. The highest BCUT2D eigenvalue weighted by Crippen LogP contribution is 2.29. The molecule has 3 nitrogen and oxygen atoms in total. The minimum Gasteiger partial charge on any atom is -0.301 e. The van der Waals surface area contributed by atoms with E-state index in [4.69, 9.17) is 0 Å². The molecule has 0 saturated carbocycles. The lowest BCUT2D eigenvalue weighted by Gasteiger charge is -2.01. The van der Waals surface area contributed by atoms with Crippen LogP contribution in [0.1, 0.15) is 11.3 Å². The molecular weight excluding hydrogens is 185 g/mol. The van der Waals surface area contributed by atoms with E-state index in [0.717, 1.165) is 4.68 Å². The van der Waals surface area contributed by atoms with Gasteiger partial charge in [0.25, 0.3) is 0 Å². The number of halogens is 3. The van der Waals surface area contributed by atoms with Crippen LogP contribution in [0.25, 0.3) is 0 Å². The highest BCUT2D eigenvalue weighted by Gasteiger charge is 2.35. The quantitative estimate of drug-likeness (QED) is 0.664. The Labute approximate surface area is 72.2 Å². The standard InChI is InChI=1S/C7H7F3N2O/c1-5-4-12(2-3-13)11-6(5)7(8,9)10/h3-4H,2H2,1H3. The largest absolute Gasteiger partial charge is 0.435 e. The number of aryl methyl sites for hydroxylation is 1. The van der Waals surface area contributed by atoms with Crippen LogP contribution in [-0.2, 0) is 17.5 Å². The third-order valence-electron chi connectivity index (χ3n) is 1.47. The van der Waals surface area contributed by atoms with Crippen molar-refractivity contribution in [3.63, 3.8) is 0 Å². The van der Waals surface area contributed by atoms with Crippen molar-refractivity contribution in [1.29, 1.82) is 0 Å². The lowest BCUT2D eigenvalue weighted by molar-refractivity contribution is -0.142. The van der Waals surface area contributed by atoms with Crippen LogP contribution in [0.5, 0.6) is 0 Å². The lowest BCUT2D eigenvalue weighted by Crippen LogP contribution is -2.09. The van der Waals surface area contributed by atoms with E-state index in [1.54, 1.807) is 0 Å². The summed E-state index contributed by atoms with van der Waals surface area (Å²) in [5.41, 5.74) is -0.913. The van der Waals surface area contributed by atoms with Crippen molar-refractivity contribution >= 4 is 6.29 Å². The first kappa shape index (κ1) is 9.76. The van der Waals surface area contributed by atoms with E-state index in [2.05, 4.69) is 5.10 Å². The van der Waals surface area contributed by atoms with E-state index in [0.29, 0.717) is 6.29 Å². The van der Waals surface area contributed by atoms with Crippen LogP contribution in [-0.4, -0.2) is 16.1 Å². The van der Waals surface area contributed by atoms with Gasteiger partial charge in [0, 0.05) is 6.20 Å². The minimum atomic E-state index is -4.45. The smallest absolute Gasteiger partial charge is 0.301 e. The number of alkyl halides is 3. The van der Waals surface area contributed by atoms with Crippen molar-refractivity contribution in [2.24, 2.45) is 0 Å². The Kier molecular flexibility index (Phi) is 2.40. The van der Waals surface area contributed by atoms with Crippen LogP contribution >= 0.6 is 0 Å². The summed E-state index contributed by atoms with van der Waals surface area (Å²) in [6.07, 6.45) is -2.76. The van der Waals surface area contributed by atoms with Crippen molar-refractivity contribution in [1.82, 2.24) is 9.78 Å². The lowest BCUT2D eigenvalue weighted by atomic mass is 10.3. The second kappa shape index (κ2) is 3.20. The van der Waals surface area contributed by atoms with Gasteiger partial charge in [0.1, 0.15) is 6.29 Å². The van der Waals surface area contributed by atoms with Gasteiger partial charge in [-0.1, -0.05) is 0 Å². The molecule has 0 N–H and O–H groups in total. The van der Waals surface area contributed by atoms with Crippen LogP contribution in [0.15, 0.2) is 6.20 Å². The maximum atomic E-state index is 12.1. The Morgan fingerprint density at radius 3 is 2.62 bits per heavy atom. The zero-order valence-corrected chi connectivity index (χ0v) is 6.80. The maximum Gasteiger partial charge on any atom is 0.435 e. The van der Waals surface area contributed by atoms with Gasteiger partial charge in [0.05, 0.1) is 6.54 Å². The Balaban J connectivity index is 3.03. The molecule has 6 heteroatoms. The molecule has 0 aliphatic carbocycles. The molecular formula is C7H7F3N2O. The second-order valence-corrected chi connectivity index (χ2v) is 2.55. The number of aromatic nitrogens is 2. The van der Waals surface area contributed by atoms with Gasteiger partial charge in [-0.05, 0) is 12.5 Å². The van der Waals surface area contributed by atoms with Crippen molar-refractivity contribution < 1.29 is 18.0 Å². The molecule has 72 valence electrons. The molecule has 1 aromatic rings. The summed E-state index contributed by atoms with van der Waals surface area (Å²) < 4.78 is 37.4. The van der Waals surface area contributed by atoms with Gasteiger partial charge >= 0.3 is 6.18 Å². The number of carbonyl (C=O) groups is 1. The molecule has 0 radical (unpaired) electrons. The van der Waals surface area contributed by atoms with Gasteiger partial charge < -0.3 is 4.79 Å². The van der Waals surface area contributed by atoms with E-state index in [1.807, 2.05) is 0 Å². The molecule has 0 spiro atoms. The van der Waals surface area contributed by atoms with Gasteiger partial charge in [-0.25, -0.2) is 0 Å². The molecule has 0 fully saturated rings. The van der Waals surface area contributed by atoms with Crippen LogP contribution in [0, 0.1) is 6.92 Å². The summed E-state index contributed by atoms with van der Waals surface area (Å²) in [6.45, 7) is 1.15. The maximum absolute atomic E-state index is 12.1. The van der Waals surface area contributed by atoms with Crippen LogP contribution in [0.3, 0.4) is 0 Å². The normalized spacial score (nSPS) is 11.7. The molecule has 0 aliphatic rings. The minimum absolute atomic E-state index is 0.0225. The zero-order valence-electron chi connectivity index (χ0n) is 6.80. The predicted molar refractivity (Wildman–Crippen MR) is 38.0 cm³/mol. The molecule has 0 aliphatic heterocycles. The molecule has 0 amide bonds. The number of carbonyl (C=O) groups excluding carboxylic acids is 1. The first-order chi connectivity index (χ1) is 5.95. The molecule has 1 heterocycles. The SMILES string of the molecule is Cc1cn(CC=O)nc1C(F)(F)F. The summed E-state index contributed by atoms with van der Waals surface area (Å²) in [5, 5.41) is 3.23. The van der Waals surface area contributed by atoms with Crippen molar-refractivity contribution in [2.75, 3.05) is 0 Å². The molecule has 1 rings (SSSR count).